The van der Waals surface area contributed by atoms with Crippen molar-refractivity contribution < 1.29 is 9.18 Å². The lowest BCUT2D eigenvalue weighted by molar-refractivity contribution is -0.114. The van der Waals surface area contributed by atoms with Crippen molar-refractivity contribution in [3.63, 3.8) is 0 Å². The lowest BCUT2D eigenvalue weighted by atomic mass is 10.1. The Labute approximate surface area is 131 Å². The van der Waals surface area contributed by atoms with E-state index in [9.17, 15) is 9.18 Å². The first-order valence-corrected chi connectivity index (χ1v) is 7.55. The average Bonchev–Trinajstić information content (AvgIpc) is 2.92. The number of hydrogen-bond acceptors (Lipinski definition) is 3. The van der Waals surface area contributed by atoms with Gasteiger partial charge in [-0.15, -0.1) is 0 Å². The van der Waals surface area contributed by atoms with Crippen molar-refractivity contribution in [2.24, 2.45) is 0 Å². The number of benzene rings is 2. The molecule has 0 saturated heterocycles. The molecule has 0 atom stereocenters. The summed E-state index contributed by atoms with van der Waals surface area (Å²) in [5.41, 5.74) is 2.56. The number of anilines is 1. The second-order valence-corrected chi connectivity index (χ2v) is 5.75. The fourth-order valence-electron chi connectivity index (χ4n) is 2.11. The molecule has 1 heterocycles. The molecule has 0 spiro atoms. The van der Waals surface area contributed by atoms with E-state index < -0.39 is 0 Å². The third-order valence-electron chi connectivity index (χ3n) is 3.06. The molecule has 1 amide bonds. The first kappa shape index (κ1) is 14.4. The topological polar surface area (TPSA) is 42.0 Å². The predicted molar refractivity (Wildman–Crippen MR) is 87.2 cm³/mol. The number of nitrogens with zero attached hydrogens (tertiary/aromatic N) is 1. The van der Waals surface area contributed by atoms with Crippen LogP contribution in [0.5, 0.6) is 0 Å². The van der Waals surface area contributed by atoms with Gasteiger partial charge in [-0.25, -0.2) is 9.37 Å². The summed E-state index contributed by atoms with van der Waals surface area (Å²) in [4.78, 5) is 16.7. The molecule has 0 bridgehead atoms. The Morgan fingerprint density at radius 3 is 2.36 bits per heavy atom. The minimum atomic E-state index is -0.290. The summed E-state index contributed by atoms with van der Waals surface area (Å²) in [6.45, 7) is 1.45. The zero-order valence-electron chi connectivity index (χ0n) is 11.8. The van der Waals surface area contributed by atoms with Crippen LogP contribution >= 0.6 is 11.3 Å². The van der Waals surface area contributed by atoms with Gasteiger partial charge in [-0.1, -0.05) is 41.7 Å². The highest BCUT2D eigenvalue weighted by molar-refractivity contribution is 7.19. The van der Waals surface area contributed by atoms with Gasteiger partial charge in [0, 0.05) is 12.5 Å². The van der Waals surface area contributed by atoms with Gasteiger partial charge in [0.25, 0.3) is 0 Å². The molecule has 3 nitrogen and oxygen atoms in total. The van der Waals surface area contributed by atoms with Gasteiger partial charge in [0.15, 0.2) is 5.13 Å². The van der Waals surface area contributed by atoms with Crippen LogP contribution in [0, 0.1) is 5.82 Å². The lowest BCUT2D eigenvalue weighted by Gasteiger charge is -2.02. The predicted octanol–water partition coefficient (Wildman–Crippen LogP) is 4.57. The van der Waals surface area contributed by atoms with Crippen LogP contribution in [0.3, 0.4) is 0 Å². The number of carbonyl (C=O) groups is 1. The molecular weight excluding hydrogens is 299 g/mol. The zero-order chi connectivity index (χ0) is 15.5. The molecule has 3 aromatic rings. The van der Waals surface area contributed by atoms with Crippen LogP contribution in [0.2, 0.25) is 0 Å². The molecule has 22 heavy (non-hydrogen) atoms. The van der Waals surface area contributed by atoms with Gasteiger partial charge in [0.05, 0.1) is 10.6 Å². The highest BCUT2D eigenvalue weighted by Crippen LogP contribution is 2.38. The third kappa shape index (κ3) is 3.04. The first-order valence-electron chi connectivity index (χ1n) is 6.73. The summed E-state index contributed by atoms with van der Waals surface area (Å²) >= 11 is 1.40. The molecule has 110 valence electrons. The van der Waals surface area contributed by atoms with Crippen LogP contribution in [-0.2, 0) is 4.79 Å². The van der Waals surface area contributed by atoms with E-state index in [4.69, 9.17) is 0 Å². The Bertz CT molecular complexity index is 797. The van der Waals surface area contributed by atoms with Crippen molar-refractivity contribution >= 4 is 22.4 Å². The van der Waals surface area contributed by atoms with E-state index in [1.54, 1.807) is 12.1 Å². The van der Waals surface area contributed by atoms with Crippen LogP contribution < -0.4 is 5.32 Å². The minimum Gasteiger partial charge on any atom is -0.302 e. The van der Waals surface area contributed by atoms with Crippen molar-refractivity contribution in [1.82, 2.24) is 4.98 Å². The number of carbonyl (C=O) groups excluding carboxylic acids is 1. The maximum Gasteiger partial charge on any atom is 0.223 e. The second kappa shape index (κ2) is 6.07. The maximum atomic E-state index is 13.1. The summed E-state index contributed by atoms with van der Waals surface area (Å²) in [7, 11) is 0. The molecular formula is C17H13FN2OS. The number of aromatic nitrogens is 1. The Morgan fingerprint density at radius 2 is 1.73 bits per heavy atom. The molecule has 0 aliphatic carbocycles. The van der Waals surface area contributed by atoms with Gasteiger partial charge in [-0.3, -0.25) is 4.79 Å². The van der Waals surface area contributed by atoms with Gasteiger partial charge < -0.3 is 5.32 Å². The number of hydrogen-bond donors (Lipinski definition) is 1. The van der Waals surface area contributed by atoms with Crippen LogP contribution in [0.15, 0.2) is 54.6 Å². The van der Waals surface area contributed by atoms with Gasteiger partial charge in [0.2, 0.25) is 5.91 Å². The Morgan fingerprint density at radius 1 is 1.05 bits per heavy atom. The number of thiazole rings is 1. The van der Waals surface area contributed by atoms with Crippen molar-refractivity contribution in [2.75, 3.05) is 5.32 Å². The summed E-state index contributed by atoms with van der Waals surface area (Å²) in [5.74, 6) is -0.457. The Kier molecular flexibility index (Phi) is 3.98. The Hall–Kier alpha value is -2.53. The monoisotopic (exact) mass is 312 g/mol. The summed E-state index contributed by atoms with van der Waals surface area (Å²) < 4.78 is 13.1. The van der Waals surface area contributed by atoms with E-state index >= 15 is 0 Å². The van der Waals surface area contributed by atoms with E-state index in [-0.39, 0.29) is 11.7 Å². The molecule has 3 rings (SSSR count). The Balaban J connectivity index is 2.12. The highest BCUT2D eigenvalue weighted by Gasteiger charge is 2.15. The van der Waals surface area contributed by atoms with E-state index in [1.165, 1.54) is 30.4 Å². The fraction of sp³-hybridized carbons (Fsp3) is 0.0588. The van der Waals surface area contributed by atoms with Gasteiger partial charge >= 0.3 is 0 Å². The second-order valence-electron chi connectivity index (χ2n) is 4.75. The van der Waals surface area contributed by atoms with E-state index in [0.29, 0.717) is 5.13 Å². The van der Waals surface area contributed by atoms with Crippen LogP contribution in [0.4, 0.5) is 9.52 Å². The average molecular weight is 312 g/mol. The molecule has 0 aliphatic heterocycles. The van der Waals surface area contributed by atoms with E-state index in [2.05, 4.69) is 10.3 Å². The fourth-order valence-corrected chi connectivity index (χ4v) is 3.15. The largest absolute Gasteiger partial charge is 0.302 e. The maximum absolute atomic E-state index is 13.1. The summed E-state index contributed by atoms with van der Waals surface area (Å²) in [5, 5.41) is 3.24. The smallest absolute Gasteiger partial charge is 0.223 e. The van der Waals surface area contributed by atoms with Crippen molar-refractivity contribution in [2.45, 2.75) is 6.92 Å². The molecule has 0 saturated carbocycles. The normalized spacial score (nSPS) is 10.5. The molecule has 0 aliphatic rings. The summed E-state index contributed by atoms with van der Waals surface area (Å²) in [6, 6.07) is 16.0. The van der Waals surface area contributed by atoms with Crippen LogP contribution in [0.25, 0.3) is 21.7 Å². The van der Waals surface area contributed by atoms with Crippen molar-refractivity contribution in [3.8, 4) is 21.7 Å². The minimum absolute atomic E-state index is 0.168. The van der Waals surface area contributed by atoms with Gasteiger partial charge in [0.1, 0.15) is 5.82 Å². The van der Waals surface area contributed by atoms with Gasteiger partial charge in [-0.05, 0) is 29.8 Å². The molecule has 0 radical (unpaired) electrons. The first-order chi connectivity index (χ1) is 10.6. The number of amides is 1. The van der Waals surface area contributed by atoms with Crippen LogP contribution in [-0.4, -0.2) is 10.9 Å². The number of rotatable bonds is 3. The SMILES string of the molecule is CC(=O)Nc1nc(-c2ccc(F)cc2)c(-c2ccccc2)s1. The molecule has 1 N–H and O–H groups in total. The van der Waals surface area contributed by atoms with E-state index in [0.717, 1.165) is 21.7 Å². The number of halogens is 1. The van der Waals surface area contributed by atoms with Crippen LogP contribution in [0.1, 0.15) is 6.92 Å². The van der Waals surface area contributed by atoms with E-state index in [1.807, 2.05) is 30.3 Å². The molecule has 2 aromatic carbocycles. The standard InChI is InChI=1S/C17H13FN2OS/c1-11(21)19-17-20-15(12-7-9-14(18)10-8-12)16(22-17)13-5-3-2-4-6-13/h2-10H,1H3,(H,19,20,21). The number of nitrogens with one attached hydrogen (secondary N) is 1. The highest BCUT2D eigenvalue weighted by atomic mass is 32.1. The summed E-state index contributed by atoms with van der Waals surface area (Å²) in [6.07, 6.45) is 0. The quantitative estimate of drug-likeness (QED) is 0.769. The molecule has 5 heteroatoms. The molecule has 0 unspecified atom stereocenters. The zero-order valence-corrected chi connectivity index (χ0v) is 12.7. The molecule has 0 fully saturated rings. The van der Waals surface area contributed by atoms with Crippen molar-refractivity contribution in [3.05, 3.63) is 60.4 Å². The van der Waals surface area contributed by atoms with Crippen molar-refractivity contribution in [1.29, 1.82) is 0 Å². The lowest BCUT2D eigenvalue weighted by Crippen LogP contribution is -2.04. The third-order valence-corrected chi connectivity index (χ3v) is 4.08. The van der Waals surface area contributed by atoms with Gasteiger partial charge in [-0.2, -0.15) is 0 Å². The molecule has 1 aromatic heterocycles.